The van der Waals surface area contributed by atoms with Gasteiger partial charge in [-0.2, -0.15) is 0 Å². The molecule has 1 heterocycles. The first-order valence-electron chi connectivity index (χ1n) is 7.35. The SMILES string of the molecule is Cc1cccc(CCCOC(=O)C2CCCCC2)n1. The van der Waals surface area contributed by atoms with Gasteiger partial charge in [-0.25, -0.2) is 0 Å². The highest BCUT2D eigenvalue weighted by Crippen LogP contribution is 2.24. The summed E-state index contributed by atoms with van der Waals surface area (Å²) in [5.74, 6) is 0.169. The second-order valence-electron chi connectivity index (χ2n) is 5.38. The number of carbonyl (C=O) groups excluding carboxylic acids is 1. The first-order valence-corrected chi connectivity index (χ1v) is 7.35. The minimum Gasteiger partial charge on any atom is -0.465 e. The first-order chi connectivity index (χ1) is 9.25. The van der Waals surface area contributed by atoms with Crippen LogP contribution in [0.5, 0.6) is 0 Å². The smallest absolute Gasteiger partial charge is 0.308 e. The molecule has 1 aromatic rings. The van der Waals surface area contributed by atoms with Crippen LogP contribution in [-0.2, 0) is 16.0 Å². The van der Waals surface area contributed by atoms with Crippen LogP contribution >= 0.6 is 0 Å². The Morgan fingerprint density at radius 2 is 2.11 bits per heavy atom. The van der Waals surface area contributed by atoms with Gasteiger partial charge < -0.3 is 4.74 Å². The lowest BCUT2D eigenvalue weighted by atomic mass is 9.89. The average molecular weight is 261 g/mol. The largest absolute Gasteiger partial charge is 0.465 e. The number of nitrogens with zero attached hydrogens (tertiary/aromatic N) is 1. The fourth-order valence-electron chi connectivity index (χ4n) is 2.62. The molecule has 0 radical (unpaired) electrons. The molecule has 0 bridgehead atoms. The molecule has 1 fully saturated rings. The predicted octanol–water partition coefficient (Wildman–Crippen LogP) is 3.45. The van der Waals surface area contributed by atoms with Crippen molar-refractivity contribution in [2.75, 3.05) is 6.61 Å². The second kappa shape index (κ2) is 7.27. The molecule has 1 saturated carbocycles. The van der Waals surface area contributed by atoms with Crippen LogP contribution in [0.25, 0.3) is 0 Å². The van der Waals surface area contributed by atoms with Crippen molar-refractivity contribution in [1.82, 2.24) is 4.98 Å². The molecule has 0 saturated heterocycles. The van der Waals surface area contributed by atoms with Gasteiger partial charge in [0.2, 0.25) is 0 Å². The van der Waals surface area contributed by atoms with Gasteiger partial charge in [0, 0.05) is 11.4 Å². The fraction of sp³-hybridized carbons (Fsp3) is 0.625. The Labute approximate surface area is 115 Å². The maximum atomic E-state index is 11.8. The van der Waals surface area contributed by atoms with Crippen molar-refractivity contribution in [1.29, 1.82) is 0 Å². The van der Waals surface area contributed by atoms with Crippen molar-refractivity contribution in [2.24, 2.45) is 5.92 Å². The zero-order valence-electron chi connectivity index (χ0n) is 11.7. The predicted molar refractivity (Wildman–Crippen MR) is 74.8 cm³/mol. The summed E-state index contributed by atoms with van der Waals surface area (Å²) in [6, 6.07) is 6.04. The Bertz CT molecular complexity index is 411. The summed E-state index contributed by atoms with van der Waals surface area (Å²) in [7, 11) is 0. The molecule has 0 spiro atoms. The van der Waals surface area contributed by atoms with E-state index in [-0.39, 0.29) is 11.9 Å². The summed E-state index contributed by atoms with van der Waals surface area (Å²) in [5.41, 5.74) is 2.12. The molecule has 0 N–H and O–H groups in total. The van der Waals surface area contributed by atoms with Crippen molar-refractivity contribution < 1.29 is 9.53 Å². The van der Waals surface area contributed by atoms with Crippen LogP contribution in [-0.4, -0.2) is 17.6 Å². The number of ether oxygens (including phenoxy) is 1. The van der Waals surface area contributed by atoms with Gasteiger partial charge >= 0.3 is 5.97 Å². The van der Waals surface area contributed by atoms with E-state index >= 15 is 0 Å². The molecule has 0 amide bonds. The van der Waals surface area contributed by atoms with Crippen LogP contribution < -0.4 is 0 Å². The number of carbonyl (C=O) groups is 1. The van der Waals surface area contributed by atoms with E-state index in [0.29, 0.717) is 6.61 Å². The third-order valence-electron chi connectivity index (χ3n) is 3.71. The Hall–Kier alpha value is -1.38. The van der Waals surface area contributed by atoms with Gasteiger partial charge in [0.1, 0.15) is 0 Å². The van der Waals surface area contributed by atoms with Gasteiger partial charge in [-0.1, -0.05) is 25.3 Å². The second-order valence-corrected chi connectivity index (χ2v) is 5.38. The quantitative estimate of drug-likeness (QED) is 0.602. The Morgan fingerprint density at radius 1 is 1.32 bits per heavy atom. The lowest BCUT2D eigenvalue weighted by Crippen LogP contribution is -2.20. The number of esters is 1. The van der Waals surface area contributed by atoms with Gasteiger partial charge in [0.05, 0.1) is 12.5 Å². The van der Waals surface area contributed by atoms with Crippen molar-refractivity contribution in [2.45, 2.75) is 51.9 Å². The summed E-state index contributed by atoms with van der Waals surface area (Å²) in [4.78, 5) is 16.3. The summed E-state index contributed by atoms with van der Waals surface area (Å²) in [5, 5.41) is 0. The van der Waals surface area contributed by atoms with Crippen molar-refractivity contribution >= 4 is 5.97 Å². The van der Waals surface area contributed by atoms with E-state index < -0.39 is 0 Å². The molecule has 1 aromatic heterocycles. The summed E-state index contributed by atoms with van der Waals surface area (Å²) in [6.07, 6.45) is 7.37. The van der Waals surface area contributed by atoms with Crippen LogP contribution in [0.15, 0.2) is 18.2 Å². The van der Waals surface area contributed by atoms with E-state index in [4.69, 9.17) is 4.74 Å². The monoisotopic (exact) mass is 261 g/mol. The highest BCUT2D eigenvalue weighted by atomic mass is 16.5. The van der Waals surface area contributed by atoms with Crippen LogP contribution in [0.3, 0.4) is 0 Å². The Kier molecular flexibility index (Phi) is 5.37. The lowest BCUT2D eigenvalue weighted by Gasteiger charge is -2.19. The minimum absolute atomic E-state index is 0.0110. The molecule has 0 aliphatic heterocycles. The molecular weight excluding hydrogens is 238 g/mol. The van der Waals surface area contributed by atoms with Gasteiger partial charge in [-0.3, -0.25) is 9.78 Å². The molecule has 3 nitrogen and oxygen atoms in total. The fourth-order valence-corrected chi connectivity index (χ4v) is 2.62. The number of pyridine rings is 1. The molecule has 3 heteroatoms. The standard InChI is InChI=1S/C16H23NO2/c1-13-7-5-10-15(17-13)11-6-12-19-16(18)14-8-3-2-4-9-14/h5,7,10,14H,2-4,6,8-9,11-12H2,1H3. The third kappa shape index (κ3) is 4.66. The first kappa shape index (κ1) is 14.0. The number of aryl methyl sites for hydroxylation is 2. The van der Waals surface area contributed by atoms with E-state index in [1.807, 2.05) is 25.1 Å². The number of hydrogen-bond acceptors (Lipinski definition) is 3. The van der Waals surface area contributed by atoms with E-state index in [2.05, 4.69) is 4.98 Å². The minimum atomic E-state index is 0.0110. The van der Waals surface area contributed by atoms with E-state index in [0.717, 1.165) is 37.1 Å². The normalized spacial score (nSPS) is 16.3. The molecule has 1 aliphatic carbocycles. The Balaban J connectivity index is 1.65. The average Bonchev–Trinajstić information content (AvgIpc) is 2.44. The summed E-state index contributed by atoms with van der Waals surface area (Å²) >= 11 is 0. The summed E-state index contributed by atoms with van der Waals surface area (Å²) < 4.78 is 5.37. The van der Waals surface area contributed by atoms with Gasteiger partial charge in [0.25, 0.3) is 0 Å². The van der Waals surface area contributed by atoms with E-state index in [1.165, 1.54) is 19.3 Å². The topological polar surface area (TPSA) is 39.2 Å². The molecule has 19 heavy (non-hydrogen) atoms. The van der Waals surface area contributed by atoms with Crippen LogP contribution in [0, 0.1) is 12.8 Å². The molecule has 0 unspecified atom stereocenters. The van der Waals surface area contributed by atoms with Crippen LogP contribution in [0.4, 0.5) is 0 Å². The maximum absolute atomic E-state index is 11.8. The summed E-state index contributed by atoms with van der Waals surface area (Å²) in [6.45, 7) is 2.51. The highest BCUT2D eigenvalue weighted by Gasteiger charge is 2.22. The molecule has 0 aromatic carbocycles. The van der Waals surface area contributed by atoms with Crippen LogP contribution in [0.1, 0.15) is 49.9 Å². The third-order valence-corrected chi connectivity index (χ3v) is 3.71. The van der Waals surface area contributed by atoms with Crippen LogP contribution in [0.2, 0.25) is 0 Å². The molecular formula is C16H23NO2. The van der Waals surface area contributed by atoms with Crippen molar-refractivity contribution in [3.63, 3.8) is 0 Å². The van der Waals surface area contributed by atoms with Crippen molar-refractivity contribution in [3.05, 3.63) is 29.6 Å². The molecule has 0 atom stereocenters. The van der Waals surface area contributed by atoms with Gasteiger partial charge in [0.15, 0.2) is 0 Å². The Morgan fingerprint density at radius 3 is 2.84 bits per heavy atom. The zero-order chi connectivity index (χ0) is 13.5. The highest BCUT2D eigenvalue weighted by molar-refractivity contribution is 5.72. The van der Waals surface area contributed by atoms with Gasteiger partial charge in [-0.05, 0) is 44.7 Å². The molecule has 104 valence electrons. The zero-order valence-corrected chi connectivity index (χ0v) is 11.7. The number of rotatable bonds is 5. The van der Waals surface area contributed by atoms with Gasteiger partial charge in [-0.15, -0.1) is 0 Å². The number of hydrogen-bond donors (Lipinski definition) is 0. The number of aromatic nitrogens is 1. The maximum Gasteiger partial charge on any atom is 0.308 e. The van der Waals surface area contributed by atoms with Crippen molar-refractivity contribution in [3.8, 4) is 0 Å². The van der Waals surface area contributed by atoms with E-state index in [9.17, 15) is 4.79 Å². The molecule has 1 aliphatic rings. The lowest BCUT2D eigenvalue weighted by molar-refractivity contribution is -0.149. The molecule has 2 rings (SSSR count). The van der Waals surface area contributed by atoms with E-state index in [1.54, 1.807) is 0 Å².